The van der Waals surface area contributed by atoms with E-state index < -0.39 is 23.1 Å². The molecule has 0 saturated carbocycles. The molecular weight excluding hydrogens is 495 g/mol. The molecule has 1 N–H and O–H groups in total. The van der Waals surface area contributed by atoms with Gasteiger partial charge in [0, 0.05) is 29.9 Å². The largest absolute Gasteiger partial charge is 0.489 e. The van der Waals surface area contributed by atoms with E-state index in [-0.39, 0.29) is 34.8 Å². The summed E-state index contributed by atoms with van der Waals surface area (Å²) < 4.78 is 56.0. The van der Waals surface area contributed by atoms with Crippen LogP contribution in [0, 0.1) is 11.6 Å². The highest BCUT2D eigenvalue weighted by Crippen LogP contribution is 2.42. The summed E-state index contributed by atoms with van der Waals surface area (Å²) in [5.41, 5.74) is 0.283. The lowest BCUT2D eigenvalue weighted by molar-refractivity contribution is 0.0966. The van der Waals surface area contributed by atoms with Gasteiger partial charge in [0.05, 0.1) is 12.2 Å². The third-order valence-corrected chi connectivity index (χ3v) is 5.84. The van der Waals surface area contributed by atoms with Crippen LogP contribution in [-0.4, -0.2) is 63.0 Å². The molecule has 206 valence electrons. The van der Waals surface area contributed by atoms with Gasteiger partial charge in [0.25, 0.3) is 0 Å². The van der Waals surface area contributed by atoms with Gasteiger partial charge in [-0.25, -0.2) is 23.2 Å². The van der Waals surface area contributed by atoms with Crippen molar-refractivity contribution in [1.29, 1.82) is 0 Å². The number of aliphatic imine (C=N–C) groups is 2. The van der Waals surface area contributed by atoms with E-state index in [0.29, 0.717) is 31.1 Å². The van der Waals surface area contributed by atoms with Crippen LogP contribution in [0.1, 0.15) is 40.2 Å². The van der Waals surface area contributed by atoms with Gasteiger partial charge in [-0.2, -0.15) is 0 Å². The number of nitrogens with zero attached hydrogens (tertiary/aromatic N) is 4. The zero-order valence-corrected chi connectivity index (χ0v) is 23.0. The molecule has 0 unspecified atom stereocenters. The molecule has 38 heavy (non-hydrogen) atoms. The van der Waals surface area contributed by atoms with E-state index in [9.17, 15) is 8.78 Å². The Morgan fingerprint density at radius 2 is 1.92 bits per heavy atom. The highest BCUT2D eigenvalue weighted by atomic mass is 19.1. The maximum absolute atomic E-state index is 15.3. The van der Waals surface area contributed by atoms with E-state index in [1.165, 1.54) is 25.1 Å². The zero-order chi connectivity index (χ0) is 28.2. The molecule has 0 aliphatic carbocycles. The first-order valence-corrected chi connectivity index (χ1v) is 12.4. The number of guanidine groups is 1. The van der Waals surface area contributed by atoms with Gasteiger partial charge in [0.1, 0.15) is 23.7 Å². The normalized spacial score (nSPS) is 15.7. The second kappa shape index (κ2) is 11.9. The molecule has 0 atom stereocenters. The minimum Gasteiger partial charge on any atom is -0.489 e. The molecule has 0 aromatic heterocycles. The molecule has 0 amide bonds. The summed E-state index contributed by atoms with van der Waals surface area (Å²) in [5, 5.41) is 2.83. The lowest BCUT2D eigenvalue weighted by Gasteiger charge is -2.43. The Morgan fingerprint density at radius 1 is 1.21 bits per heavy atom. The molecular formula is C28H36F3N5O2. The van der Waals surface area contributed by atoms with Gasteiger partial charge in [-0.05, 0) is 79.7 Å². The Morgan fingerprint density at radius 3 is 2.50 bits per heavy atom. The van der Waals surface area contributed by atoms with E-state index >= 15 is 4.39 Å². The Bertz CT molecular complexity index is 1240. The standard InChI is InChI=1S/C28H36F3N5O2/c1-17(2)36-16-28(4,5)38-26-22(31)13-19(14-23(26)36)25(18(3)29)34-27(32-6)33-20-9-10-24(21(30)15-20)37-12-11-35(7)8/h9-10,13-15,17H,6,11-12,16H2,1-5,7-8H3,(H,33,34)/b25-18+. The first-order chi connectivity index (χ1) is 17.8. The van der Waals surface area contributed by atoms with Crippen molar-refractivity contribution in [3.05, 3.63) is 53.4 Å². The van der Waals surface area contributed by atoms with Crippen LogP contribution in [0.4, 0.5) is 24.5 Å². The fourth-order valence-electron chi connectivity index (χ4n) is 4.01. The maximum atomic E-state index is 15.3. The Balaban J connectivity index is 1.92. The Labute approximate surface area is 222 Å². The second-order valence-corrected chi connectivity index (χ2v) is 10.3. The van der Waals surface area contributed by atoms with Crippen molar-refractivity contribution in [3.63, 3.8) is 0 Å². The predicted molar refractivity (Wildman–Crippen MR) is 148 cm³/mol. The van der Waals surface area contributed by atoms with Crippen molar-refractivity contribution in [1.82, 2.24) is 4.90 Å². The molecule has 0 fully saturated rings. The lowest BCUT2D eigenvalue weighted by Crippen LogP contribution is -2.49. The maximum Gasteiger partial charge on any atom is 0.227 e. The van der Waals surface area contributed by atoms with Crippen molar-refractivity contribution < 1.29 is 22.6 Å². The van der Waals surface area contributed by atoms with Gasteiger partial charge in [0.2, 0.25) is 5.96 Å². The van der Waals surface area contributed by atoms with Gasteiger partial charge in [0.15, 0.2) is 23.1 Å². The summed E-state index contributed by atoms with van der Waals surface area (Å²) in [7, 11) is 3.79. The number of likely N-dealkylation sites (N-methyl/N-ethyl adjacent to an activating group) is 1. The number of anilines is 2. The SMILES string of the molecule is C=NC(=N/C(=C(\C)F)c1cc(F)c2c(c1)N(C(C)C)CC(C)(C)O2)Nc1ccc(OCCN(C)C)c(F)c1. The van der Waals surface area contributed by atoms with Gasteiger partial charge < -0.3 is 24.6 Å². The van der Waals surface area contributed by atoms with Crippen LogP contribution in [0.25, 0.3) is 5.70 Å². The number of hydrogen-bond donors (Lipinski definition) is 1. The molecule has 1 aliphatic rings. The Hall–Kier alpha value is -3.53. The number of halogens is 3. The number of rotatable bonds is 8. The molecule has 7 nitrogen and oxygen atoms in total. The minimum atomic E-state index is -0.656. The van der Waals surface area contributed by atoms with Crippen LogP contribution in [0.15, 0.2) is 46.1 Å². The number of fused-ring (bicyclic) bond motifs is 1. The highest BCUT2D eigenvalue weighted by Gasteiger charge is 2.35. The molecule has 2 aromatic rings. The van der Waals surface area contributed by atoms with Gasteiger partial charge in [-0.15, -0.1) is 0 Å². The summed E-state index contributed by atoms with van der Waals surface area (Å²) in [6.45, 7) is 14.0. The number of nitrogens with one attached hydrogen (secondary N) is 1. The molecule has 0 spiro atoms. The first-order valence-electron chi connectivity index (χ1n) is 12.4. The molecule has 0 saturated heterocycles. The summed E-state index contributed by atoms with van der Waals surface area (Å²) >= 11 is 0. The second-order valence-electron chi connectivity index (χ2n) is 10.3. The molecule has 3 rings (SSSR count). The monoisotopic (exact) mass is 531 g/mol. The minimum absolute atomic E-state index is 0.0470. The average Bonchev–Trinajstić information content (AvgIpc) is 2.82. The number of benzene rings is 2. The van der Waals surface area contributed by atoms with E-state index in [1.54, 1.807) is 12.1 Å². The van der Waals surface area contributed by atoms with Crippen LogP contribution in [0.5, 0.6) is 11.5 Å². The zero-order valence-electron chi connectivity index (χ0n) is 23.0. The molecule has 0 bridgehead atoms. The van der Waals surface area contributed by atoms with Crippen molar-refractivity contribution in [2.24, 2.45) is 9.98 Å². The average molecular weight is 532 g/mol. The van der Waals surface area contributed by atoms with Crippen LogP contribution in [0.2, 0.25) is 0 Å². The van der Waals surface area contributed by atoms with Gasteiger partial charge in [-0.3, -0.25) is 0 Å². The quantitative estimate of drug-likeness (QED) is 0.329. The van der Waals surface area contributed by atoms with E-state index in [0.717, 1.165) is 0 Å². The molecule has 2 aromatic carbocycles. The number of ether oxygens (including phenoxy) is 2. The third kappa shape index (κ3) is 7.06. The molecule has 0 radical (unpaired) electrons. The van der Waals surface area contributed by atoms with E-state index in [2.05, 4.69) is 22.0 Å². The van der Waals surface area contributed by atoms with Crippen molar-refractivity contribution in [2.75, 3.05) is 44.0 Å². The topological polar surface area (TPSA) is 61.7 Å². The summed E-state index contributed by atoms with van der Waals surface area (Å²) in [6.07, 6.45) is 0. The fourth-order valence-corrected chi connectivity index (χ4v) is 4.01. The lowest BCUT2D eigenvalue weighted by atomic mass is 10.0. The van der Waals surface area contributed by atoms with Gasteiger partial charge >= 0.3 is 0 Å². The van der Waals surface area contributed by atoms with E-state index in [4.69, 9.17) is 9.47 Å². The molecule has 1 aliphatic heterocycles. The smallest absolute Gasteiger partial charge is 0.227 e. The van der Waals surface area contributed by atoms with Crippen molar-refractivity contribution in [2.45, 2.75) is 46.3 Å². The highest BCUT2D eigenvalue weighted by molar-refractivity contribution is 5.99. The summed E-state index contributed by atoms with van der Waals surface area (Å²) in [5.74, 6) is -1.74. The van der Waals surface area contributed by atoms with Gasteiger partial charge in [-0.1, -0.05) is 0 Å². The van der Waals surface area contributed by atoms with Crippen LogP contribution in [0.3, 0.4) is 0 Å². The predicted octanol–water partition coefficient (Wildman–Crippen LogP) is 6.12. The van der Waals surface area contributed by atoms with Crippen LogP contribution >= 0.6 is 0 Å². The molecule has 10 heteroatoms. The molecule has 1 heterocycles. The summed E-state index contributed by atoms with van der Waals surface area (Å²) in [6, 6.07) is 7.16. The van der Waals surface area contributed by atoms with E-state index in [1.807, 2.05) is 51.6 Å². The Kier molecular flexibility index (Phi) is 9.09. The number of hydrogen-bond acceptors (Lipinski definition) is 5. The van der Waals surface area contributed by atoms with Crippen molar-refractivity contribution >= 4 is 29.7 Å². The third-order valence-electron chi connectivity index (χ3n) is 5.84. The number of allylic oxidation sites excluding steroid dienone is 1. The van der Waals surface area contributed by atoms with Crippen LogP contribution < -0.4 is 19.7 Å². The van der Waals surface area contributed by atoms with Crippen molar-refractivity contribution in [3.8, 4) is 11.5 Å². The summed E-state index contributed by atoms with van der Waals surface area (Å²) in [4.78, 5) is 12.0. The first kappa shape index (κ1) is 29.0. The van der Waals surface area contributed by atoms with Crippen LogP contribution in [-0.2, 0) is 0 Å². The fraction of sp³-hybridized carbons (Fsp3) is 0.429.